The lowest BCUT2D eigenvalue weighted by atomic mass is 10.2. The highest BCUT2D eigenvalue weighted by molar-refractivity contribution is 8.55. The van der Waals surface area contributed by atoms with Crippen molar-refractivity contribution < 1.29 is 13.6 Å². The molecule has 0 amide bonds. The Balaban J connectivity index is 4.19. The van der Waals surface area contributed by atoms with E-state index in [4.69, 9.17) is 9.05 Å². The van der Waals surface area contributed by atoms with Gasteiger partial charge >= 0.3 is 6.80 Å². The molecular formula is C12H27O3PS. The summed E-state index contributed by atoms with van der Waals surface area (Å²) in [6, 6.07) is 0. The van der Waals surface area contributed by atoms with Gasteiger partial charge in [0, 0.05) is 5.75 Å². The molecule has 0 bridgehead atoms. The van der Waals surface area contributed by atoms with E-state index in [1.165, 1.54) is 11.4 Å². The Morgan fingerprint density at radius 2 is 1.53 bits per heavy atom. The molecule has 104 valence electrons. The molecule has 0 aliphatic carbocycles. The van der Waals surface area contributed by atoms with Crippen LogP contribution in [0.4, 0.5) is 0 Å². The Bertz CT molecular complexity index is 216. The van der Waals surface area contributed by atoms with E-state index in [0.717, 1.165) is 18.6 Å². The molecular weight excluding hydrogens is 255 g/mol. The van der Waals surface area contributed by atoms with Crippen molar-refractivity contribution in [2.75, 3.05) is 19.0 Å². The van der Waals surface area contributed by atoms with E-state index in [1.807, 2.05) is 27.7 Å². The number of unbranched alkanes of at least 4 members (excludes halogenated alkanes) is 1. The second kappa shape index (κ2) is 9.43. The van der Waals surface area contributed by atoms with Gasteiger partial charge in [-0.05, 0) is 29.6 Å². The zero-order valence-electron chi connectivity index (χ0n) is 11.8. The van der Waals surface area contributed by atoms with Gasteiger partial charge in [0.15, 0.2) is 0 Å². The third kappa shape index (κ3) is 10.1. The molecule has 0 N–H and O–H groups in total. The molecule has 0 spiro atoms. The summed E-state index contributed by atoms with van der Waals surface area (Å²) in [5, 5.41) is 0. The van der Waals surface area contributed by atoms with E-state index in [9.17, 15) is 4.57 Å². The summed E-state index contributed by atoms with van der Waals surface area (Å²) in [5.74, 6) is 1.58. The lowest BCUT2D eigenvalue weighted by molar-refractivity contribution is 0.186. The number of hydrogen-bond donors (Lipinski definition) is 0. The van der Waals surface area contributed by atoms with Crippen LogP contribution in [0.15, 0.2) is 0 Å². The summed E-state index contributed by atoms with van der Waals surface area (Å²) in [7, 11) is 0. The van der Waals surface area contributed by atoms with Crippen LogP contribution in [0.5, 0.6) is 0 Å². The smallest absolute Gasteiger partial charge is 0.300 e. The van der Waals surface area contributed by atoms with Crippen molar-refractivity contribution in [1.29, 1.82) is 0 Å². The SMILES string of the molecule is CCCCSP(=O)(OCC(C)C)OCC(C)C. The zero-order valence-corrected chi connectivity index (χ0v) is 13.5. The second-order valence-electron chi connectivity index (χ2n) is 5.01. The predicted octanol–water partition coefficient (Wildman–Crippen LogP) is 4.97. The molecule has 0 saturated heterocycles. The molecule has 0 aromatic heterocycles. The zero-order chi connectivity index (χ0) is 13.3. The Morgan fingerprint density at radius 3 is 1.88 bits per heavy atom. The molecule has 0 aromatic rings. The maximum Gasteiger partial charge on any atom is 0.389 e. The van der Waals surface area contributed by atoms with Crippen LogP contribution < -0.4 is 0 Å². The highest BCUT2D eigenvalue weighted by Gasteiger charge is 2.26. The largest absolute Gasteiger partial charge is 0.389 e. The fourth-order valence-electron chi connectivity index (χ4n) is 0.913. The molecule has 5 heteroatoms. The van der Waals surface area contributed by atoms with E-state index >= 15 is 0 Å². The molecule has 0 aliphatic rings. The van der Waals surface area contributed by atoms with Crippen molar-refractivity contribution in [2.24, 2.45) is 11.8 Å². The molecule has 0 saturated carbocycles. The summed E-state index contributed by atoms with van der Waals surface area (Å²) in [6.45, 7) is 8.35. The van der Waals surface area contributed by atoms with Gasteiger partial charge in [0.05, 0.1) is 13.2 Å². The summed E-state index contributed by atoms with van der Waals surface area (Å²) >= 11 is 1.34. The van der Waals surface area contributed by atoms with Gasteiger partial charge in [0.1, 0.15) is 0 Å². The Morgan fingerprint density at radius 1 is 1.06 bits per heavy atom. The highest BCUT2D eigenvalue weighted by atomic mass is 32.7. The maximum absolute atomic E-state index is 12.4. The Hall–Kier alpha value is 0.500. The average Bonchev–Trinajstić information content (AvgIpc) is 2.24. The molecule has 0 atom stereocenters. The van der Waals surface area contributed by atoms with Crippen LogP contribution in [0, 0.1) is 11.8 Å². The normalized spacial score (nSPS) is 12.6. The van der Waals surface area contributed by atoms with Crippen molar-refractivity contribution in [3.63, 3.8) is 0 Å². The molecule has 0 radical (unpaired) electrons. The predicted molar refractivity (Wildman–Crippen MR) is 76.6 cm³/mol. The molecule has 0 unspecified atom stereocenters. The first kappa shape index (κ1) is 17.5. The van der Waals surface area contributed by atoms with Gasteiger partial charge in [0.2, 0.25) is 0 Å². The van der Waals surface area contributed by atoms with Crippen molar-refractivity contribution in [3.05, 3.63) is 0 Å². The summed E-state index contributed by atoms with van der Waals surface area (Å²) in [4.78, 5) is 0. The molecule has 17 heavy (non-hydrogen) atoms. The lowest BCUT2D eigenvalue weighted by Gasteiger charge is -2.19. The van der Waals surface area contributed by atoms with Gasteiger partial charge in [-0.3, -0.25) is 0 Å². The fraction of sp³-hybridized carbons (Fsp3) is 1.00. The minimum absolute atomic E-state index is 0.373. The van der Waals surface area contributed by atoms with Gasteiger partial charge in [-0.1, -0.05) is 41.0 Å². The molecule has 0 aromatic carbocycles. The van der Waals surface area contributed by atoms with E-state index in [1.54, 1.807) is 0 Å². The van der Waals surface area contributed by atoms with E-state index in [-0.39, 0.29) is 0 Å². The lowest BCUT2D eigenvalue weighted by Crippen LogP contribution is -2.05. The Kier molecular flexibility index (Phi) is 9.71. The quantitative estimate of drug-likeness (QED) is 0.418. The van der Waals surface area contributed by atoms with Crippen molar-refractivity contribution in [1.82, 2.24) is 0 Å². The number of hydrogen-bond acceptors (Lipinski definition) is 4. The van der Waals surface area contributed by atoms with Gasteiger partial charge in [-0.2, -0.15) is 0 Å². The first-order chi connectivity index (χ1) is 7.89. The highest BCUT2D eigenvalue weighted by Crippen LogP contribution is 2.61. The molecule has 3 nitrogen and oxygen atoms in total. The van der Waals surface area contributed by atoms with Gasteiger partial charge in [-0.15, -0.1) is 0 Å². The molecule has 0 heterocycles. The van der Waals surface area contributed by atoms with E-state index in [2.05, 4.69) is 6.92 Å². The van der Waals surface area contributed by atoms with Crippen molar-refractivity contribution in [3.8, 4) is 0 Å². The average molecular weight is 282 g/mol. The topological polar surface area (TPSA) is 35.5 Å². The number of rotatable bonds is 10. The van der Waals surface area contributed by atoms with Gasteiger partial charge in [0.25, 0.3) is 0 Å². The maximum atomic E-state index is 12.4. The van der Waals surface area contributed by atoms with Crippen LogP contribution in [-0.4, -0.2) is 19.0 Å². The monoisotopic (exact) mass is 282 g/mol. The molecule has 0 aliphatic heterocycles. The van der Waals surface area contributed by atoms with Crippen LogP contribution >= 0.6 is 18.2 Å². The standard InChI is InChI=1S/C12H27O3PS/c1-6-7-8-17-16(13,14-9-11(2)3)15-10-12(4)5/h11-12H,6-10H2,1-5H3. The van der Waals surface area contributed by atoms with Crippen LogP contribution in [0.25, 0.3) is 0 Å². The van der Waals surface area contributed by atoms with E-state index < -0.39 is 6.80 Å². The Labute approximate surface area is 110 Å². The fourth-order valence-corrected chi connectivity index (χ4v) is 4.61. The van der Waals surface area contributed by atoms with Crippen LogP contribution in [0.1, 0.15) is 47.5 Å². The van der Waals surface area contributed by atoms with Crippen LogP contribution in [0.3, 0.4) is 0 Å². The van der Waals surface area contributed by atoms with Crippen LogP contribution in [0.2, 0.25) is 0 Å². The summed E-state index contributed by atoms with van der Waals surface area (Å²) < 4.78 is 23.4. The van der Waals surface area contributed by atoms with Crippen molar-refractivity contribution in [2.45, 2.75) is 47.5 Å². The van der Waals surface area contributed by atoms with Crippen molar-refractivity contribution >= 4 is 18.2 Å². The molecule has 0 rings (SSSR count). The second-order valence-corrected chi connectivity index (χ2v) is 9.21. The third-order valence-electron chi connectivity index (χ3n) is 1.88. The van der Waals surface area contributed by atoms with E-state index in [0.29, 0.717) is 25.0 Å². The first-order valence-corrected chi connectivity index (χ1v) is 9.56. The molecule has 0 fully saturated rings. The van der Waals surface area contributed by atoms with Gasteiger partial charge < -0.3 is 9.05 Å². The summed E-state index contributed by atoms with van der Waals surface area (Å²) in [5.41, 5.74) is 0. The first-order valence-electron chi connectivity index (χ1n) is 6.43. The minimum Gasteiger partial charge on any atom is -0.300 e. The van der Waals surface area contributed by atoms with Gasteiger partial charge in [-0.25, -0.2) is 4.57 Å². The minimum atomic E-state index is -2.94. The summed E-state index contributed by atoms with van der Waals surface area (Å²) in [6.07, 6.45) is 2.14. The third-order valence-corrected chi connectivity index (χ3v) is 5.73. The van der Waals surface area contributed by atoms with Crippen LogP contribution in [-0.2, 0) is 13.6 Å².